The summed E-state index contributed by atoms with van der Waals surface area (Å²) in [4.78, 5) is 25.5. The van der Waals surface area contributed by atoms with Crippen molar-refractivity contribution in [3.8, 4) is 0 Å². The molecular weight excluding hydrogens is 464 g/mol. The van der Waals surface area contributed by atoms with Gasteiger partial charge in [0.2, 0.25) is 10.0 Å². The minimum absolute atomic E-state index is 0.0975. The molecule has 3 rings (SSSR count). The van der Waals surface area contributed by atoms with Crippen LogP contribution in [0.1, 0.15) is 44.2 Å². The van der Waals surface area contributed by atoms with Gasteiger partial charge in [0, 0.05) is 23.8 Å². The first-order chi connectivity index (χ1) is 15.6. The maximum Gasteiger partial charge on any atom is 0.317 e. The largest absolute Gasteiger partial charge is 0.455 e. The monoisotopic (exact) mass is 492 g/mol. The molecule has 1 N–H and O–H groups in total. The summed E-state index contributed by atoms with van der Waals surface area (Å²) in [6.45, 7) is 5.54. The van der Waals surface area contributed by atoms with Crippen LogP contribution in [0, 0.1) is 6.92 Å². The minimum atomic E-state index is -3.66. The molecule has 1 aliphatic carbocycles. The third-order valence-corrected chi connectivity index (χ3v) is 8.45. The highest BCUT2D eigenvalue weighted by Crippen LogP contribution is 2.45. The van der Waals surface area contributed by atoms with Crippen LogP contribution in [0.2, 0.25) is 5.02 Å². The van der Waals surface area contributed by atoms with Crippen LogP contribution in [0.5, 0.6) is 0 Å². The van der Waals surface area contributed by atoms with Gasteiger partial charge in [0.15, 0.2) is 6.61 Å². The topological polar surface area (TPSA) is 92.8 Å². The van der Waals surface area contributed by atoms with E-state index in [1.165, 1.54) is 16.4 Å². The molecule has 0 aliphatic heterocycles. The number of anilines is 1. The molecule has 0 unspecified atom stereocenters. The number of sulfonamides is 1. The third-order valence-electron chi connectivity index (χ3n) is 6.16. The van der Waals surface area contributed by atoms with Crippen molar-refractivity contribution in [2.45, 2.75) is 50.3 Å². The number of aryl methyl sites for hydroxylation is 1. The second-order valence-electron chi connectivity index (χ2n) is 8.13. The number of nitrogens with zero attached hydrogens (tertiary/aromatic N) is 1. The van der Waals surface area contributed by atoms with E-state index >= 15 is 0 Å². The minimum Gasteiger partial charge on any atom is -0.455 e. The van der Waals surface area contributed by atoms with Gasteiger partial charge in [-0.05, 0) is 55.2 Å². The van der Waals surface area contributed by atoms with Gasteiger partial charge in [0.05, 0.1) is 10.3 Å². The van der Waals surface area contributed by atoms with Gasteiger partial charge in [0.1, 0.15) is 0 Å². The SMILES string of the molecule is CCN(CC)S(=O)(=O)c1ccc(C)c(NC(=O)COC(=O)C2(c3ccc(Cl)cc3)CCC2)c1. The zero-order valence-corrected chi connectivity index (χ0v) is 20.6. The van der Waals surface area contributed by atoms with Crippen LogP contribution in [-0.2, 0) is 29.8 Å². The quantitative estimate of drug-likeness (QED) is 0.527. The molecule has 1 aliphatic rings. The fourth-order valence-corrected chi connectivity index (χ4v) is 5.59. The number of carbonyl (C=O) groups is 2. The maximum atomic E-state index is 12.9. The van der Waals surface area contributed by atoms with Gasteiger partial charge in [-0.15, -0.1) is 0 Å². The lowest BCUT2D eigenvalue weighted by molar-refractivity contribution is -0.156. The van der Waals surface area contributed by atoms with Crippen molar-refractivity contribution in [2.24, 2.45) is 0 Å². The van der Waals surface area contributed by atoms with E-state index in [9.17, 15) is 18.0 Å². The van der Waals surface area contributed by atoms with E-state index in [0.29, 0.717) is 42.2 Å². The number of ether oxygens (including phenoxy) is 1. The normalized spacial score (nSPS) is 15.1. The number of nitrogens with one attached hydrogen (secondary N) is 1. The van der Waals surface area contributed by atoms with Crippen LogP contribution in [0.3, 0.4) is 0 Å². The van der Waals surface area contributed by atoms with Crippen molar-refractivity contribution in [1.29, 1.82) is 0 Å². The Morgan fingerprint density at radius 1 is 1.09 bits per heavy atom. The van der Waals surface area contributed by atoms with Crippen LogP contribution < -0.4 is 5.32 Å². The Labute approximate surface area is 200 Å². The second-order valence-corrected chi connectivity index (χ2v) is 10.5. The van der Waals surface area contributed by atoms with Crippen molar-refractivity contribution >= 4 is 39.2 Å². The molecule has 1 fully saturated rings. The van der Waals surface area contributed by atoms with E-state index in [1.54, 1.807) is 39.0 Å². The van der Waals surface area contributed by atoms with Gasteiger partial charge in [-0.2, -0.15) is 4.31 Å². The van der Waals surface area contributed by atoms with Crippen molar-refractivity contribution in [3.63, 3.8) is 0 Å². The molecule has 0 bridgehead atoms. The van der Waals surface area contributed by atoms with Gasteiger partial charge in [0.25, 0.3) is 5.91 Å². The lowest BCUT2D eigenvalue weighted by Crippen LogP contribution is -2.44. The fourth-order valence-electron chi connectivity index (χ4n) is 3.97. The summed E-state index contributed by atoms with van der Waals surface area (Å²) in [6, 6.07) is 11.7. The van der Waals surface area contributed by atoms with Crippen LogP contribution in [-0.4, -0.2) is 44.3 Å². The molecule has 0 heterocycles. The first-order valence-corrected chi connectivity index (χ1v) is 12.8. The molecule has 2 aromatic rings. The average Bonchev–Trinajstić information content (AvgIpc) is 2.75. The molecule has 0 aromatic heterocycles. The summed E-state index contributed by atoms with van der Waals surface area (Å²) in [5.74, 6) is -0.977. The van der Waals surface area contributed by atoms with Crippen LogP contribution in [0.25, 0.3) is 0 Å². The van der Waals surface area contributed by atoms with Crippen molar-refractivity contribution in [3.05, 3.63) is 58.6 Å². The zero-order chi connectivity index (χ0) is 24.2. The Kier molecular flexibility index (Phi) is 7.82. The highest BCUT2D eigenvalue weighted by Gasteiger charge is 2.47. The third kappa shape index (κ3) is 5.23. The predicted octanol–water partition coefficient (Wildman–Crippen LogP) is 4.28. The van der Waals surface area contributed by atoms with Gasteiger partial charge in [-0.25, -0.2) is 8.42 Å². The summed E-state index contributed by atoms with van der Waals surface area (Å²) in [5, 5.41) is 3.26. The molecule has 1 saturated carbocycles. The van der Waals surface area contributed by atoms with Gasteiger partial charge in [-0.1, -0.05) is 50.1 Å². The Morgan fingerprint density at radius 2 is 1.73 bits per heavy atom. The number of esters is 1. The van der Waals surface area contributed by atoms with E-state index in [0.717, 1.165) is 12.0 Å². The standard InChI is InChI=1S/C24H29ClN2O5S/c1-4-27(5-2)33(30,31)20-12-7-17(3)21(15-20)26-22(28)16-32-23(29)24(13-6-14-24)18-8-10-19(25)11-9-18/h7-12,15H,4-6,13-14,16H2,1-3H3,(H,26,28). The Morgan fingerprint density at radius 3 is 2.27 bits per heavy atom. The number of carbonyl (C=O) groups excluding carboxylic acids is 2. The van der Waals surface area contributed by atoms with E-state index in [-0.39, 0.29) is 4.90 Å². The van der Waals surface area contributed by atoms with E-state index in [1.807, 2.05) is 12.1 Å². The fraction of sp³-hybridized carbons (Fsp3) is 0.417. The molecule has 178 valence electrons. The van der Waals surface area contributed by atoms with E-state index < -0.39 is 33.9 Å². The molecule has 0 spiro atoms. The molecule has 9 heteroatoms. The molecular formula is C24H29ClN2O5S. The number of hydrogen-bond donors (Lipinski definition) is 1. The van der Waals surface area contributed by atoms with Gasteiger partial charge >= 0.3 is 5.97 Å². The van der Waals surface area contributed by atoms with Crippen LogP contribution in [0.4, 0.5) is 5.69 Å². The molecule has 33 heavy (non-hydrogen) atoms. The summed E-state index contributed by atoms with van der Waals surface area (Å²) in [5.41, 5.74) is 1.14. The Hall–Kier alpha value is -2.42. The van der Waals surface area contributed by atoms with E-state index in [4.69, 9.17) is 16.3 Å². The zero-order valence-electron chi connectivity index (χ0n) is 19.1. The number of rotatable bonds is 9. The number of benzene rings is 2. The van der Waals surface area contributed by atoms with Gasteiger partial charge < -0.3 is 10.1 Å². The Bertz CT molecular complexity index is 1120. The van der Waals surface area contributed by atoms with Crippen LogP contribution >= 0.6 is 11.6 Å². The van der Waals surface area contributed by atoms with Crippen LogP contribution in [0.15, 0.2) is 47.4 Å². The summed E-state index contributed by atoms with van der Waals surface area (Å²) >= 11 is 5.96. The smallest absolute Gasteiger partial charge is 0.317 e. The summed E-state index contributed by atoms with van der Waals surface area (Å²) in [6.07, 6.45) is 2.20. The van der Waals surface area contributed by atoms with Gasteiger partial charge in [-0.3, -0.25) is 9.59 Å². The number of hydrogen-bond acceptors (Lipinski definition) is 5. The predicted molar refractivity (Wildman–Crippen MR) is 128 cm³/mol. The second kappa shape index (κ2) is 10.2. The number of halogens is 1. The molecule has 0 atom stereocenters. The van der Waals surface area contributed by atoms with Crippen molar-refractivity contribution < 1.29 is 22.7 Å². The first kappa shape index (κ1) is 25.2. The lowest BCUT2D eigenvalue weighted by atomic mass is 9.64. The molecule has 0 radical (unpaired) electrons. The molecule has 1 amide bonds. The Balaban J connectivity index is 1.68. The maximum absolute atomic E-state index is 12.9. The first-order valence-electron chi connectivity index (χ1n) is 11.0. The van der Waals surface area contributed by atoms with E-state index in [2.05, 4.69) is 5.32 Å². The highest BCUT2D eigenvalue weighted by molar-refractivity contribution is 7.89. The summed E-state index contributed by atoms with van der Waals surface area (Å²) in [7, 11) is -3.66. The molecule has 0 saturated heterocycles. The molecule has 7 nitrogen and oxygen atoms in total. The molecule has 2 aromatic carbocycles. The van der Waals surface area contributed by atoms with Crippen molar-refractivity contribution in [2.75, 3.05) is 25.0 Å². The summed E-state index contributed by atoms with van der Waals surface area (Å²) < 4.78 is 32.3. The number of amides is 1. The average molecular weight is 493 g/mol. The van der Waals surface area contributed by atoms with Crippen molar-refractivity contribution in [1.82, 2.24) is 4.31 Å². The lowest BCUT2D eigenvalue weighted by Gasteiger charge is -2.39. The highest BCUT2D eigenvalue weighted by atomic mass is 35.5.